The molecule has 6 heteroatoms. The van der Waals surface area contributed by atoms with Gasteiger partial charge in [-0.05, 0) is 32.0 Å². The lowest BCUT2D eigenvalue weighted by molar-refractivity contribution is 0.0915. The second-order valence-corrected chi connectivity index (χ2v) is 5.56. The van der Waals surface area contributed by atoms with Crippen LogP contribution in [-0.2, 0) is 0 Å². The molecule has 0 bridgehead atoms. The molecule has 0 fully saturated rings. The van der Waals surface area contributed by atoms with Gasteiger partial charge in [0, 0.05) is 22.2 Å². The van der Waals surface area contributed by atoms with Crippen LogP contribution >= 0.6 is 23.2 Å². The fourth-order valence-corrected chi connectivity index (χ4v) is 2.56. The zero-order valence-corrected chi connectivity index (χ0v) is 13.1. The summed E-state index contributed by atoms with van der Waals surface area (Å²) in [5, 5.41) is 13.6. The molecule has 1 heterocycles. The van der Waals surface area contributed by atoms with Crippen LogP contribution < -0.4 is 5.32 Å². The van der Waals surface area contributed by atoms with Crippen molar-refractivity contribution in [3.63, 3.8) is 0 Å². The lowest BCUT2D eigenvalue weighted by atomic mass is 10.1. The maximum Gasteiger partial charge on any atom is 0.254 e. The van der Waals surface area contributed by atoms with Gasteiger partial charge in [0.1, 0.15) is 11.5 Å². The molecule has 2 rings (SSSR count). The molecular formula is C15H15Cl2NO3. The van der Waals surface area contributed by atoms with Crippen LogP contribution in [0.3, 0.4) is 0 Å². The number of rotatable bonds is 4. The molecule has 0 saturated heterocycles. The van der Waals surface area contributed by atoms with Crippen LogP contribution in [0, 0.1) is 13.8 Å². The maximum atomic E-state index is 12.0. The molecule has 1 aromatic carbocycles. The van der Waals surface area contributed by atoms with Gasteiger partial charge in [-0.25, -0.2) is 0 Å². The minimum atomic E-state index is -0.910. The molecule has 0 spiro atoms. The molecule has 1 unspecified atom stereocenters. The molecule has 4 nitrogen and oxygen atoms in total. The molecular weight excluding hydrogens is 313 g/mol. The summed E-state index contributed by atoms with van der Waals surface area (Å²) in [6, 6.07) is 6.48. The van der Waals surface area contributed by atoms with Gasteiger partial charge in [0.2, 0.25) is 0 Å². The number of carbonyl (C=O) groups excluding carboxylic acids is 1. The largest absolute Gasteiger partial charge is 0.466 e. The predicted octanol–water partition coefficient (Wildman–Crippen LogP) is 3.67. The smallest absolute Gasteiger partial charge is 0.254 e. The highest BCUT2D eigenvalue weighted by Crippen LogP contribution is 2.26. The number of aryl methyl sites for hydroxylation is 2. The van der Waals surface area contributed by atoms with E-state index in [0.29, 0.717) is 32.7 Å². The van der Waals surface area contributed by atoms with E-state index in [1.807, 2.05) is 0 Å². The van der Waals surface area contributed by atoms with E-state index in [-0.39, 0.29) is 12.5 Å². The molecule has 1 atom stereocenters. The van der Waals surface area contributed by atoms with Gasteiger partial charge < -0.3 is 14.8 Å². The summed E-state index contributed by atoms with van der Waals surface area (Å²) in [5.74, 6) is 0.913. The Bertz CT molecular complexity index is 667. The molecule has 21 heavy (non-hydrogen) atoms. The Kier molecular flexibility index (Phi) is 4.93. The van der Waals surface area contributed by atoms with Crippen LogP contribution in [0.1, 0.15) is 33.5 Å². The molecule has 1 aromatic heterocycles. The van der Waals surface area contributed by atoms with Crippen LogP contribution in [0.2, 0.25) is 10.0 Å². The summed E-state index contributed by atoms with van der Waals surface area (Å²) in [6.45, 7) is 3.53. The number of hydrogen-bond donors (Lipinski definition) is 2. The summed E-state index contributed by atoms with van der Waals surface area (Å²) in [5.41, 5.74) is 0.975. The lowest BCUT2D eigenvalue weighted by Crippen LogP contribution is -2.28. The molecule has 112 valence electrons. The number of amides is 1. The first-order valence-electron chi connectivity index (χ1n) is 6.36. The van der Waals surface area contributed by atoms with Gasteiger partial charge in [-0.3, -0.25) is 4.79 Å². The number of benzene rings is 1. The van der Waals surface area contributed by atoms with E-state index in [2.05, 4.69) is 5.32 Å². The van der Waals surface area contributed by atoms with E-state index in [0.717, 1.165) is 0 Å². The van der Waals surface area contributed by atoms with E-state index in [1.165, 1.54) is 0 Å². The molecule has 0 aliphatic rings. The van der Waals surface area contributed by atoms with Gasteiger partial charge in [-0.1, -0.05) is 29.3 Å². The van der Waals surface area contributed by atoms with E-state index in [1.54, 1.807) is 38.1 Å². The minimum absolute atomic E-state index is 0.0455. The van der Waals surface area contributed by atoms with Crippen molar-refractivity contribution >= 4 is 29.1 Å². The molecule has 1 amide bonds. The Morgan fingerprint density at radius 2 is 2.05 bits per heavy atom. The molecule has 0 aliphatic carbocycles. The van der Waals surface area contributed by atoms with E-state index in [9.17, 15) is 9.90 Å². The number of aliphatic hydroxyl groups is 1. The van der Waals surface area contributed by atoms with Crippen LogP contribution in [0.4, 0.5) is 0 Å². The first-order valence-corrected chi connectivity index (χ1v) is 7.12. The maximum absolute atomic E-state index is 12.0. The summed E-state index contributed by atoms with van der Waals surface area (Å²) in [6.07, 6.45) is -0.910. The van der Waals surface area contributed by atoms with E-state index < -0.39 is 6.10 Å². The monoisotopic (exact) mass is 327 g/mol. The molecule has 0 saturated carbocycles. The third kappa shape index (κ3) is 3.79. The normalized spacial score (nSPS) is 12.2. The van der Waals surface area contributed by atoms with Crippen LogP contribution in [0.5, 0.6) is 0 Å². The number of halogens is 2. The first-order chi connectivity index (χ1) is 9.88. The highest BCUT2D eigenvalue weighted by Gasteiger charge is 2.16. The van der Waals surface area contributed by atoms with Crippen LogP contribution in [0.25, 0.3) is 0 Å². The average molecular weight is 328 g/mol. The minimum Gasteiger partial charge on any atom is -0.466 e. The van der Waals surface area contributed by atoms with Crippen molar-refractivity contribution in [3.8, 4) is 0 Å². The van der Waals surface area contributed by atoms with Gasteiger partial charge in [0.05, 0.1) is 11.7 Å². The summed E-state index contributed by atoms with van der Waals surface area (Å²) < 4.78 is 5.30. The van der Waals surface area contributed by atoms with Gasteiger partial charge in [-0.2, -0.15) is 0 Å². The van der Waals surface area contributed by atoms with Gasteiger partial charge in [-0.15, -0.1) is 0 Å². The lowest BCUT2D eigenvalue weighted by Gasteiger charge is -2.13. The number of carbonyl (C=O) groups is 1. The first kappa shape index (κ1) is 15.9. The fraction of sp³-hybridized carbons (Fsp3) is 0.267. The third-order valence-electron chi connectivity index (χ3n) is 3.06. The Hall–Kier alpha value is -1.49. The second kappa shape index (κ2) is 6.52. The average Bonchev–Trinajstić information content (AvgIpc) is 2.74. The van der Waals surface area contributed by atoms with E-state index >= 15 is 0 Å². The van der Waals surface area contributed by atoms with Crippen molar-refractivity contribution in [1.82, 2.24) is 5.32 Å². The van der Waals surface area contributed by atoms with Crippen molar-refractivity contribution in [2.24, 2.45) is 0 Å². The van der Waals surface area contributed by atoms with Crippen LogP contribution in [0.15, 0.2) is 28.7 Å². The van der Waals surface area contributed by atoms with Crippen molar-refractivity contribution in [3.05, 3.63) is 57.0 Å². The van der Waals surface area contributed by atoms with E-state index in [4.69, 9.17) is 27.6 Å². The van der Waals surface area contributed by atoms with Gasteiger partial charge in [0.25, 0.3) is 5.91 Å². The SMILES string of the molecule is Cc1cc(C(=O)NCC(O)c2ccc(Cl)cc2Cl)c(C)o1. The van der Waals surface area contributed by atoms with Crippen molar-refractivity contribution in [1.29, 1.82) is 0 Å². The zero-order valence-electron chi connectivity index (χ0n) is 11.6. The summed E-state index contributed by atoms with van der Waals surface area (Å²) in [4.78, 5) is 12.0. The molecule has 0 aliphatic heterocycles. The Morgan fingerprint density at radius 1 is 1.33 bits per heavy atom. The predicted molar refractivity (Wildman–Crippen MR) is 81.9 cm³/mol. The summed E-state index contributed by atoms with van der Waals surface area (Å²) in [7, 11) is 0. The molecule has 0 radical (unpaired) electrons. The quantitative estimate of drug-likeness (QED) is 0.900. The standard InChI is InChI=1S/C15H15Cl2NO3/c1-8-5-12(9(2)21-8)15(20)18-7-14(19)11-4-3-10(16)6-13(11)17/h3-6,14,19H,7H2,1-2H3,(H,18,20). The Balaban J connectivity index is 2.02. The highest BCUT2D eigenvalue weighted by atomic mass is 35.5. The number of nitrogens with one attached hydrogen (secondary N) is 1. The molecule has 2 aromatic rings. The Labute approximate surface area is 132 Å². The Morgan fingerprint density at radius 3 is 2.62 bits per heavy atom. The van der Waals surface area contributed by atoms with Crippen molar-refractivity contribution in [2.75, 3.05) is 6.54 Å². The van der Waals surface area contributed by atoms with Crippen LogP contribution in [-0.4, -0.2) is 17.6 Å². The van der Waals surface area contributed by atoms with Gasteiger partial charge in [0.15, 0.2) is 0 Å². The molecule has 2 N–H and O–H groups in total. The van der Waals surface area contributed by atoms with Crippen molar-refractivity contribution < 1.29 is 14.3 Å². The number of aliphatic hydroxyl groups excluding tert-OH is 1. The number of furan rings is 1. The topological polar surface area (TPSA) is 62.5 Å². The van der Waals surface area contributed by atoms with Crippen molar-refractivity contribution in [2.45, 2.75) is 20.0 Å². The zero-order chi connectivity index (χ0) is 15.6. The fourth-order valence-electron chi connectivity index (χ4n) is 2.02. The number of hydrogen-bond acceptors (Lipinski definition) is 3. The third-order valence-corrected chi connectivity index (χ3v) is 3.63. The summed E-state index contributed by atoms with van der Waals surface area (Å²) >= 11 is 11.8. The second-order valence-electron chi connectivity index (χ2n) is 4.72. The highest BCUT2D eigenvalue weighted by molar-refractivity contribution is 6.35. The van der Waals surface area contributed by atoms with Gasteiger partial charge >= 0.3 is 0 Å².